The molecule has 3 rings (SSSR count). The fourth-order valence-electron chi connectivity index (χ4n) is 2.98. The summed E-state index contributed by atoms with van der Waals surface area (Å²) >= 11 is 0. The highest BCUT2D eigenvalue weighted by Crippen LogP contribution is 2.24. The van der Waals surface area contributed by atoms with E-state index in [4.69, 9.17) is 4.74 Å². The molecule has 158 valence electrons. The van der Waals surface area contributed by atoms with Crippen molar-refractivity contribution in [2.24, 2.45) is 0 Å². The van der Waals surface area contributed by atoms with Crippen molar-refractivity contribution in [2.45, 2.75) is 11.8 Å². The van der Waals surface area contributed by atoms with E-state index in [0.29, 0.717) is 30.0 Å². The van der Waals surface area contributed by atoms with Crippen molar-refractivity contribution in [3.8, 4) is 0 Å². The minimum Gasteiger partial charge on any atom is -0.379 e. The Morgan fingerprint density at radius 3 is 2.63 bits per heavy atom. The third-order valence-corrected chi connectivity index (χ3v) is 6.59. The molecule has 0 radical (unpaired) electrons. The molecule has 30 heavy (non-hydrogen) atoms. The highest BCUT2D eigenvalue weighted by Gasteiger charge is 2.28. The molecule has 1 aliphatic rings. The topological polar surface area (TPSA) is 119 Å². The molecule has 1 heterocycles. The second-order valence-corrected chi connectivity index (χ2v) is 8.58. The van der Waals surface area contributed by atoms with Crippen molar-refractivity contribution < 1.29 is 22.9 Å². The summed E-state index contributed by atoms with van der Waals surface area (Å²) in [5.74, 6) is -0.486. The maximum Gasteiger partial charge on any atom is 0.270 e. The molecule has 0 aromatic heterocycles. The molecular weight excluding hydrogens is 410 g/mol. The second-order valence-electron chi connectivity index (χ2n) is 6.67. The van der Waals surface area contributed by atoms with E-state index in [9.17, 15) is 23.3 Å². The first kappa shape index (κ1) is 21.6. The van der Waals surface area contributed by atoms with Crippen LogP contribution in [0.2, 0.25) is 0 Å². The number of hydrogen-bond donors (Lipinski definition) is 1. The van der Waals surface area contributed by atoms with Gasteiger partial charge in [-0.2, -0.15) is 4.31 Å². The standard InChI is InChI=1S/C20H21N3O6S/c1-15-5-7-17(14-19(15)30(27,28)22-9-11-29-12-10-22)21-20(24)8-6-16-3-2-4-18(13-16)23(25)26/h2-8,13-14H,9-12H2,1H3,(H,21,24)/b8-6+. The number of amides is 1. The zero-order valence-electron chi connectivity index (χ0n) is 16.3. The summed E-state index contributed by atoms with van der Waals surface area (Å²) in [5.41, 5.74) is 1.33. The SMILES string of the molecule is Cc1ccc(NC(=O)/C=C/c2cccc([N+](=O)[O-])c2)cc1S(=O)(=O)N1CCOCC1. The molecule has 10 heteroatoms. The van der Waals surface area contributed by atoms with E-state index in [1.165, 1.54) is 40.7 Å². The van der Waals surface area contributed by atoms with E-state index in [0.717, 1.165) is 0 Å². The zero-order valence-corrected chi connectivity index (χ0v) is 17.1. The number of rotatable bonds is 6. The van der Waals surface area contributed by atoms with Gasteiger partial charge in [-0.15, -0.1) is 0 Å². The number of ether oxygens (including phenoxy) is 1. The summed E-state index contributed by atoms with van der Waals surface area (Å²) in [5, 5.41) is 13.5. The van der Waals surface area contributed by atoms with Crippen LogP contribution >= 0.6 is 0 Å². The van der Waals surface area contributed by atoms with Gasteiger partial charge in [0.1, 0.15) is 0 Å². The number of carbonyl (C=O) groups is 1. The molecule has 0 aliphatic carbocycles. The first-order valence-electron chi connectivity index (χ1n) is 9.19. The Balaban J connectivity index is 1.75. The van der Waals surface area contributed by atoms with Crippen LogP contribution < -0.4 is 5.32 Å². The second kappa shape index (κ2) is 9.16. The van der Waals surface area contributed by atoms with Crippen LogP contribution in [0.4, 0.5) is 11.4 Å². The fraction of sp³-hybridized carbons (Fsp3) is 0.250. The lowest BCUT2D eigenvalue weighted by Gasteiger charge is -2.26. The predicted octanol–water partition coefficient (Wildman–Crippen LogP) is 2.58. The number of nitrogens with zero attached hydrogens (tertiary/aromatic N) is 2. The van der Waals surface area contributed by atoms with Crippen LogP contribution in [-0.4, -0.2) is 49.9 Å². The Morgan fingerprint density at radius 1 is 1.20 bits per heavy atom. The Bertz CT molecular complexity index is 1090. The average molecular weight is 431 g/mol. The largest absolute Gasteiger partial charge is 0.379 e. The summed E-state index contributed by atoms with van der Waals surface area (Å²) in [6.45, 7) is 2.95. The van der Waals surface area contributed by atoms with Crippen LogP contribution in [0.5, 0.6) is 0 Å². The fourth-order valence-corrected chi connectivity index (χ4v) is 4.64. The van der Waals surface area contributed by atoms with Gasteiger partial charge >= 0.3 is 0 Å². The van der Waals surface area contributed by atoms with E-state index >= 15 is 0 Å². The Kier molecular flexibility index (Phi) is 6.60. The minimum absolute atomic E-state index is 0.0750. The summed E-state index contributed by atoms with van der Waals surface area (Å²) < 4.78 is 32.4. The first-order chi connectivity index (χ1) is 14.3. The van der Waals surface area contributed by atoms with Gasteiger partial charge in [-0.3, -0.25) is 14.9 Å². The molecule has 0 bridgehead atoms. The van der Waals surface area contributed by atoms with Crippen LogP contribution in [-0.2, 0) is 19.6 Å². The molecule has 0 spiro atoms. The molecule has 2 aromatic carbocycles. The molecular formula is C20H21N3O6S. The summed E-state index contributed by atoms with van der Waals surface area (Å²) in [4.78, 5) is 22.7. The van der Waals surface area contributed by atoms with Gasteiger partial charge < -0.3 is 10.1 Å². The molecule has 1 aliphatic heterocycles. The van der Waals surface area contributed by atoms with E-state index in [1.807, 2.05) is 0 Å². The van der Waals surface area contributed by atoms with Crippen LogP contribution in [0.25, 0.3) is 6.08 Å². The molecule has 2 aromatic rings. The monoisotopic (exact) mass is 431 g/mol. The highest BCUT2D eigenvalue weighted by atomic mass is 32.2. The number of nitro benzene ring substituents is 1. The quantitative estimate of drug-likeness (QED) is 0.427. The number of nitrogens with one attached hydrogen (secondary N) is 1. The number of sulfonamides is 1. The third kappa shape index (κ3) is 5.09. The molecule has 1 fully saturated rings. The van der Waals surface area contributed by atoms with E-state index in [1.54, 1.807) is 25.1 Å². The van der Waals surface area contributed by atoms with E-state index in [-0.39, 0.29) is 23.7 Å². The first-order valence-corrected chi connectivity index (χ1v) is 10.6. The Labute approximate surface area is 174 Å². The lowest BCUT2D eigenvalue weighted by molar-refractivity contribution is -0.384. The number of benzene rings is 2. The maximum absolute atomic E-state index is 12.9. The van der Waals surface area contributed by atoms with E-state index < -0.39 is 20.9 Å². The average Bonchev–Trinajstić information content (AvgIpc) is 2.74. The van der Waals surface area contributed by atoms with Crippen LogP contribution in [0.15, 0.2) is 53.4 Å². The predicted molar refractivity (Wildman–Crippen MR) is 112 cm³/mol. The molecule has 1 N–H and O–H groups in total. The normalized spacial score (nSPS) is 15.2. The number of non-ortho nitro benzene ring substituents is 1. The minimum atomic E-state index is -3.70. The smallest absolute Gasteiger partial charge is 0.270 e. The third-order valence-electron chi connectivity index (χ3n) is 4.55. The van der Waals surface area contributed by atoms with Crippen LogP contribution in [0, 0.1) is 17.0 Å². The lowest BCUT2D eigenvalue weighted by Crippen LogP contribution is -2.40. The van der Waals surface area contributed by atoms with Crippen molar-refractivity contribution in [2.75, 3.05) is 31.6 Å². The molecule has 1 amide bonds. The summed E-state index contributed by atoms with van der Waals surface area (Å²) in [6, 6.07) is 10.6. The summed E-state index contributed by atoms with van der Waals surface area (Å²) in [6.07, 6.45) is 2.68. The number of anilines is 1. The van der Waals surface area contributed by atoms with Crippen LogP contribution in [0.1, 0.15) is 11.1 Å². The van der Waals surface area contributed by atoms with Crippen molar-refractivity contribution in [3.63, 3.8) is 0 Å². The van der Waals surface area contributed by atoms with Gasteiger partial charge in [0, 0.05) is 37.0 Å². The molecule has 0 atom stereocenters. The van der Waals surface area contributed by atoms with Gasteiger partial charge in [-0.05, 0) is 36.3 Å². The van der Waals surface area contributed by atoms with Crippen LogP contribution in [0.3, 0.4) is 0 Å². The van der Waals surface area contributed by atoms with Crippen molar-refractivity contribution in [3.05, 3.63) is 69.8 Å². The van der Waals surface area contributed by atoms with E-state index in [2.05, 4.69) is 5.32 Å². The Morgan fingerprint density at radius 2 is 1.93 bits per heavy atom. The number of hydrogen-bond acceptors (Lipinski definition) is 6. The number of carbonyl (C=O) groups excluding carboxylic acids is 1. The number of aryl methyl sites for hydroxylation is 1. The van der Waals surface area contributed by atoms with Crippen molar-refractivity contribution >= 4 is 33.4 Å². The molecule has 9 nitrogen and oxygen atoms in total. The number of morpholine rings is 1. The Hall–Kier alpha value is -3.08. The molecule has 0 unspecified atom stereocenters. The van der Waals surface area contributed by atoms with Gasteiger partial charge in [0.15, 0.2) is 0 Å². The number of nitro groups is 1. The highest BCUT2D eigenvalue weighted by molar-refractivity contribution is 7.89. The maximum atomic E-state index is 12.9. The van der Waals surface area contributed by atoms with Gasteiger partial charge in [0.2, 0.25) is 15.9 Å². The molecule has 1 saturated heterocycles. The zero-order chi connectivity index (χ0) is 21.7. The van der Waals surface area contributed by atoms with Gasteiger partial charge in [0.05, 0.1) is 23.0 Å². The van der Waals surface area contributed by atoms with Gasteiger partial charge in [-0.1, -0.05) is 18.2 Å². The van der Waals surface area contributed by atoms with Crippen molar-refractivity contribution in [1.29, 1.82) is 0 Å². The molecule has 0 saturated carbocycles. The van der Waals surface area contributed by atoms with Gasteiger partial charge in [-0.25, -0.2) is 8.42 Å². The van der Waals surface area contributed by atoms with Crippen molar-refractivity contribution in [1.82, 2.24) is 4.31 Å². The summed E-state index contributed by atoms with van der Waals surface area (Å²) in [7, 11) is -3.70. The lowest BCUT2D eigenvalue weighted by atomic mass is 10.2. The van der Waals surface area contributed by atoms with Gasteiger partial charge in [0.25, 0.3) is 5.69 Å².